The summed E-state index contributed by atoms with van der Waals surface area (Å²) in [5, 5.41) is 0.935. The van der Waals surface area contributed by atoms with Crippen molar-refractivity contribution in [1.29, 1.82) is 0 Å². The first-order valence-corrected chi connectivity index (χ1v) is 8.52. The smallest absolute Gasteiger partial charge is 0.260 e. The average Bonchev–Trinajstić information content (AvgIpc) is 2.81. The van der Waals surface area contributed by atoms with Crippen LogP contribution in [0.5, 0.6) is 5.88 Å². The number of aromatic nitrogens is 2. The Bertz CT molecular complexity index is 698. The van der Waals surface area contributed by atoms with Gasteiger partial charge >= 0.3 is 0 Å². The van der Waals surface area contributed by atoms with Crippen molar-refractivity contribution in [2.45, 2.75) is 46.1 Å². The van der Waals surface area contributed by atoms with Crippen LogP contribution in [0.3, 0.4) is 0 Å². The number of rotatable bonds is 3. The number of ether oxygens (including phenoxy) is 1. The lowest BCUT2D eigenvalue weighted by molar-refractivity contribution is -0.136. The van der Waals surface area contributed by atoms with Gasteiger partial charge in [0.05, 0.1) is 5.39 Å². The molecule has 0 aromatic carbocycles. The van der Waals surface area contributed by atoms with Gasteiger partial charge < -0.3 is 9.64 Å². The Hall–Kier alpha value is -1.69. The highest BCUT2D eigenvalue weighted by molar-refractivity contribution is 7.18. The van der Waals surface area contributed by atoms with E-state index in [1.165, 1.54) is 17.6 Å². The number of carbonyl (C=O) groups is 1. The van der Waals surface area contributed by atoms with Crippen molar-refractivity contribution in [2.75, 3.05) is 13.2 Å². The van der Waals surface area contributed by atoms with Crippen LogP contribution in [0.15, 0.2) is 6.33 Å². The SMILES string of the molecule is Cc1sc2ncnc(OCC(=O)N3CCCCC3C)c2c1C. The van der Waals surface area contributed by atoms with Gasteiger partial charge in [0.1, 0.15) is 11.2 Å². The molecule has 1 saturated heterocycles. The van der Waals surface area contributed by atoms with E-state index in [1.54, 1.807) is 11.3 Å². The summed E-state index contributed by atoms with van der Waals surface area (Å²) in [6, 6.07) is 0.306. The molecule has 118 valence electrons. The first kappa shape index (κ1) is 15.2. The number of aryl methyl sites for hydroxylation is 2. The first-order chi connectivity index (χ1) is 10.6. The highest BCUT2D eigenvalue weighted by Crippen LogP contribution is 2.33. The summed E-state index contributed by atoms with van der Waals surface area (Å²) in [4.78, 5) is 24.9. The molecule has 1 amide bonds. The molecular formula is C16H21N3O2S. The zero-order chi connectivity index (χ0) is 15.7. The van der Waals surface area contributed by atoms with Crippen molar-refractivity contribution in [3.63, 3.8) is 0 Å². The van der Waals surface area contributed by atoms with E-state index in [1.807, 2.05) is 11.8 Å². The molecule has 1 unspecified atom stereocenters. The van der Waals surface area contributed by atoms with Crippen LogP contribution in [0.25, 0.3) is 10.2 Å². The lowest BCUT2D eigenvalue weighted by Gasteiger charge is -2.33. The van der Waals surface area contributed by atoms with E-state index >= 15 is 0 Å². The average molecular weight is 319 g/mol. The number of likely N-dealkylation sites (tertiary alicyclic amines) is 1. The molecule has 0 aliphatic carbocycles. The molecule has 0 N–H and O–H groups in total. The van der Waals surface area contributed by atoms with E-state index in [0.717, 1.165) is 35.2 Å². The molecule has 0 bridgehead atoms. The summed E-state index contributed by atoms with van der Waals surface area (Å²) in [5.74, 6) is 0.563. The second-order valence-corrected chi connectivity index (χ2v) is 7.07. The van der Waals surface area contributed by atoms with Gasteiger partial charge in [-0.05, 0) is 45.6 Å². The van der Waals surface area contributed by atoms with Gasteiger partial charge in [-0.15, -0.1) is 11.3 Å². The summed E-state index contributed by atoms with van der Waals surface area (Å²) >= 11 is 1.63. The van der Waals surface area contributed by atoms with Crippen molar-refractivity contribution in [3.8, 4) is 5.88 Å². The molecule has 1 fully saturated rings. The topological polar surface area (TPSA) is 55.3 Å². The fourth-order valence-electron chi connectivity index (χ4n) is 2.94. The minimum atomic E-state index is 0.0450. The third kappa shape index (κ3) is 2.79. The van der Waals surface area contributed by atoms with Crippen LogP contribution in [0, 0.1) is 13.8 Å². The molecule has 3 rings (SSSR count). The Labute approximate surface area is 134 Å². The zero-order valence-electron chi connectivity index (χ0n) is 13.3. The first-order valence-electron chi connectivity index (χ1n) is 7.71. The maximum atomic E-state index is 12.4. The monoisotopic (exact) mass is 319 g/mol. The van der Waals surface area contributed by atoms with E-state index in [0.29, 0.717) is 11.9 Å². The standard InChI is InChI=1S/C16H21N3O2S/c1-10-6-4-5-7-19(10)13(20)8-21-15-14-11(2)12(3)22-16(14)18-9-17-15/h9-10H,4-8H2,1-3H3. The van der Waals surface area contributed by atoms with Crippen LogP contribution in [0.1, 0.15) is 36.6 Å². The minimum Gasteiger partial charge on any atom is -0.467 e. The second-order valence-electron chi connectivity index (χ2n) is 5.86. The lowest BCUT2D eigenvalue weighted by Crippen LogP contribution is -2.44. The van der Waals surface area contributed by atoms with Gasteiger partial charge in [0, 0.05) is 17.5 Å². The van der Waals surface area contributed by atoms with Crippen molar-refractivity contribution in [3.05, 3.63) is 16.8 Å². The number of piperidine rings is 1. The van der Waals surface area contributed by atoms with Gasteiger partial charge in [0.2, 0.25) is 5.88 Å². The van der Waals surface area contributed by atoms with E-state index in [-0.39, 0.29) is 12.5 Å². The van der Waals surface area contributed by atoms with Gasteiger partial charge in [0.25, 0.3) is 5.91 Å². The third-order valence-electron chi connectivity index (χ3n) is 4.39. The fourth-order valence-corrected chi connectivity index (χ4v) is 3.93. The maximum absolute atomic E-state index is 12.4. The number of fused-ring (bicyclic) bond motifs is 1. The molecule has 1 atom stereocenters. The molecule has 22 heavy (non-hydrogen) atoms. The Balaban J connectivity index is 1.75. The number of hydrogen-bond acceptors (Lipinski definition) is 5. The van der Waals surface area contributed by atoms with Gasteiger partial charge in [-0.25, -0.2) is 9.97 Å². The maximum Gasteiger partial charge on any atom is 0.260 e. The Morgan fingerprint density at radius 3 is 3.00 bits per heavy atom. The van der Waals surface area contributed by atoms with Crippen molar-refractivity contribution in [1.82, 2.24) is 14.9 Å². The van der Waals surface area contributed by atoms with Crippen molar-refractivity contribution < 1.29 is 9.53 Å². The summed E-state index contributed by atoms with van der Waals surface area (Å²) in [5.41, 5.74) is 1.13. The number of nitrogens with zero attached hydrogens (tertiary/aromatic N) is 3. The second kappa shape index (κ2) is 6.20. The number of hydrogen-bond donors (Lipinski definition) is 0. The van der Waals surface area contributed by atoms with Gasteiger partial charge in [0.15, 0.2) is 6.61 Å². The minimum absolute atomic E-state index is 0.0450. The summed E-state index contributed by atoms with van der Waals surface area (Å²) in [6.45, 7) is 7.08. The van der Waals surface area contributed by atoms with Crippen LogP contribution >= 0.6 is 11.3 Å². The van der Waals surface area contributed by atoms with Crippen LogP contribution < -0.4 is 4.74 Å². The van der Waals surface area contributed by atoms with Crippen LogP contribution in [-0.2, 0) is 4.79 Å². The summed E-state index contributed by atoms with van der Waals surface area (Å²) in [6.07, 6.45) is 4.86. The quantitative estimate of drug-likeness (QED) is 0.872. The number of carbonyl (C=O) groups excluding carboxylic acids is 1. The predicted molar refractivity (Wildman–Crippen MR) is 87.4 cm³/mol. The zero-order valence-corrected chi connectivity index (χ0v) is 14.1. The van der Waals surface area contributed by atoms with Crippen LogP contribution in [0.4, 0.5) is 0 Å². The number of thiophene rings is 1. The van der Waals surface area contributed by atoms with Crippen molar-refractivity contribution >= 4 is 27.5 Å². The van der Waals surface area contributed by atoms with Gasteiger partial charge in [-0.2, -0.15) is 0 Å². The molecule has 0 radical (unpaired) electrons. The molecule has 2 aromatic heterocycles. The van der Waals surface area contributed by atoms with E-state index < -0.39 is 0 Å². The molecule has 2 aromatic rings. The number of amides is 1. The van der Waals surface area contributed by atoms with E-state index in [2.05, 4.69) is 23.8 Å². The highest BCUT2D eigenvalue weighted by Gasteiger charge is 2.24. The Morgan fingerprint density at radius 1 is 1.41 bits per heavy atom. The van der Waals surface area contributed by atoms with Gasteiger partial charge in [-0.3, -0.25) is 4.79 Å². The molecule has 1 aliphatic heterocycles. The Morgan fingerprint density at radius 2 is 2.23 bits per heavy atom. The molecule has 1 aliphatic rings. The van der Waals surface area contributed by atoms with Crippen molar-refractivity contribution in [2.24, 2.45) is 0 Å². The normalized spacial score (nSPS) is 18.7. The van der Waals surface area contributed by atoms with Crippen LogP contribution in [-0.4, -0.2) is 40.0 Å². The molecule has 0 saturated carbocycles. The fraction of sp³-hybridized carbons (Fsp3) is 0.562. The van der Waals surface area contributed by atoms with Gasteiger partial charge in [-0.1, -0.05) is 0 Å². The lowest BCUT2D eigenvalue weighted by atomic mass is 10.0. The molecule has 0 spiro atoms. The molecular weight excluding hydrogens is 298 g/mol. The highest BCUT2D eigenvalue weighted by atomic mass is 32.1. The summed E-state index contributed by atoms with van der Waals surface area (Å²) in [7, 11) is 0. The van der Waals surface area contributed by atoms with E-state index in [9.17, 15) is 4.79 Å². The molecule has 6 heteroatoms. The third-order valence-corrected chi connectivity index (χ3v) is 5.50. The van der Waals surface area contributed by atoms with E-state index in [4.69, 9.17) is 4.74 Å². The largest absolute Gasteiger partial charge is 0.467 e. The Kier molecular flexibility index (Phi) is 4.29. The van der Waals surface area contributed by atoms with Crippen LogP contribution in [0.2, 0.25) is 0 Å². The molecule has 3 heterocycles. The summed E-state index contributed by atoms with van der Waals surface area (Å²) < 4.78 is 5.74. The predicted octanol–water partition coefficient (Wildman–Crippen LogP) is 3.09. The molecule has 5 nitrogen and oxygen atoms in total.